The van der Waals surface area contributed by atoms with E-state index < -0.39 is 0 Å². The zero-order chi connectivity index (χ0) is 24.1. The molecule has 0 saturated heterocycles. The fourth-order valence-electron chi connectivity index (χ4n) is 3.26. The first-order chi connectivity index (χ1) is 15.9. The molecule has 0 fully saturated rings. The zero-order valence-electron chi connectivity index (χ0n) is 20.5. The monoisotopic (exact) mass is 473 g/mol. The molecular weight excluding hydrogens is 434 g/mol. The predicted octanol–water partition coefficient (Wildman–Crippen LogP) is 5.27. The third-order valence-corrected chi connectivity index (χ3v) is 6.57. The number of nitrogens with one attached hydrogen (secondary N) is 1. The minimum absolute atomic E-state index is 0.117. The van der Waals surface area contributed by atoms with E-state index in [0.717, 1.165) is 49.4 Å². The molecule has 1 amide bonds. The Labute approximate surface area is 202 Å². The molecule has 1 heterocycles. The number of carbonyl (C=O) groups excluding carboxylic acids is 2. The van der Waals surface area contributed by atoms with Crippen molar-refractivity contribution in [1.29, 1.82) is 0 Å². The minimum atomic E-state index is -0.117. The summed E-state index contributed by atoms with van der Waals surface area (Å²) in [5.74, 6) is 1.46. The number of aryl methyl sites for hydroxylation is 1. The number of carbonyl (C=O) groups is 2. The van der Waals surface area contributed by atoms with Crippen LogP contribution in [0.2, 0.25) is 0 Å². The average molecular weight is 474 g/mol. The topological polar surface area (TPSA) is 80.1 Å². The molecule has 2 rings (SSSR count). The van der Waals surface area contributed by atoms with Gasteiger partial charge >= 0.3 is 0 Å². The zero-order valence-corrected chi connectivity index (χ0v) is 21.4. The Hall–Kier alpha value is -2.35. The van der Waals surface area contributed by atoms with Crippen LogP contribution in [0, 0.1) is 5.92 Å². The average Bonchev–Trinajstić information content (AvgIpc) is 3.27. The van der Waals surface area contributed by atoms with E-state index in [9.17, 15) is 9.59 Å². The van der Waals surface area contributed by atoms with Gasteiger partial charge in [0.2, 0.25) is 0 Å². The summed E-state index contributed by atoms with van der Waals surface area (Å²) in [4.78, 5) is 24.1. The molecule has 7 nitrogen and oxygen atoms in total. The van der Waals surface area contributed by atoms with Gasteiger partial charge in [-0.05, 0) is 43.5 Å². The van der Waals surface area contributed by atoms with Crippen molar-refractivity contribution in [2.24, 2.45) is 5.92 Å². The first-order valence-electron chi connectivity index (χ1n) is 12.1. The summed E-state index contributed by atoms with van der Waals surface area (Å²) >= 11 is 1.79. The van der Waals surface area contributed by atoms with Gasteiger partial charge in [-0.15, -0.1) is 5.10 Å². The SMILES string of the molecule is CCCCSN(C)c1ccc(C(=O)NCc2cn(CCCCCCC(=O)C(C)C)nn2)cc1. The normalized spacial score (nSPS) is 11.1. The number of rotatable bonds is 16. The van der Waals surface area contributed by atoms with Crippen molar-refractivity contribution in [3.8, 4) is 0 Å². The maximum Gasteiger partial charge on any atom is 0.251 e. The molecule has 0 aliphatic heterocycles. The molecule has 33 heavy (non-hydrogen) atoms. The third-order valence-electron chi connectivity index (χ3n) is 5.50. The van der Waals surface area contributed by atoms with Crippen molar-refractivity contribution in [2.45, 2.75) is 78.8 Å². The van der Waals surface area contributed by atoms with Crippen molar-refractivity contribution in [3.05, 3.63) is 41.7 Å². The maximum atomic E-state index is 12.5. The Morgan fingerprint density at radius 1 is 1.09 bits per heavy atom. The van der Waals surface area contributed by atoms with Crippen LogP contribution in [0.25, 0.3) is 0 Å². The van der Waals surface area contributed by atoms with Crippen molar-refractivity contribution in [3.63, 3.8) is 0 Å². The number of hydrogen-bond donors (Lipinski definition) is 1. The van der Waals surface area contributed by atoms with Gasteiger partial charge in [0.05, 0.1) is 12.7 Å². The molecular formula is C25H39N5O2S. The number of anilines is 1. The molecule has 0 spiro atoms. The van der Waals surface area contributed by atoms with Gasteiger partial charge in [-0.2, -0.15) is 0 Å². The van der Waals surface area contributed by atoms with Crippen molar-refractivity contribution >= 4 is 29.3 Å². The molecule has 1 aromatic carbocycles. The number of nitrogens with zero attached hydrogens (tertiary/aromatic N) is 4. The summed E-state index contributed by atoms with van der Waals surface area (Å²) in [6, 6.07) is 7.66. The van der Waals surface area contributed by atoms with Gasteiger partial charge in [-0.1, -0.05) is 57.2 Å². The molecule has 182 valence electrons. The number of hydrogen-bond acceptors (Lipinski definition) is 6. The van der Waals surface area contributed by atoms with Crippen molar-refractivity contribution < 1.29 is 9.59 Å². The lowest BCUT2D eigenvalue weighted by molar-refractivity contribution is -0.122. The van der Waals surface area contributed by atoms with Crippen molar-refractivity contribution in [1.82, 2.24) is 20.3 Å². The lowest BCUT2D eigenvalue weighted by Crippen LogP contribution is -2.23. The van der Waals surface area contributed by atoms with Gasteiger partial charge < -0.3 is 9.62 Å². The number of aromatic nitrogens is 3. The van der Waals surface area contributed by atoms with Crippen LogP contribution in [0.4, 0.5) is 5.69 Å². The highest BCUT2D eigenvalue weighted by Crippen LogP contribution is 2.21. The highest BCUT2D eigenvalue weighted by atomic mass is 32.2. The van der Waals surface area contributed by atoms with Crippen molar-refractivity contribution in [2.75, 3.05) is 17.1 Å². The third kappa shape index (κ3) is 9.98. The van der Waals surface area contributed by atoms with Gasteiger partial charge in [0, 0.05) is 42.9 Å². The lowest BCUT2D eigenvalue weighted by Gasteiger charge is -2.17. The molecule has 8 heteroatoms. The molecule has 0 bridgehead atoms. The number of benzene rings is 1. The summed E-state index contributed by atoms with van der Waals surface area (Å²) in [5.41, 5.74) is 2.46. The molecule has 0 aliphatic rings. The molecule has 1 N–H and O–H groups in total. The molecule has 0 atom stereocenters. The van der Waals surface area contributed by atoms with E-state index in [0.29, 0.717) is 24.3 Å². The summed E-state index contributed by atoms with van der Waals surface area (Å²) in [7, 11) is 2.05. The van der Waals surface area contributed by atoms with Gasteiger partial charge in [0.15, 0.2) is 0 Å². The number of ketones is 1. The van der Waals surface area contributed by atoms with E-state index in [1.54, 1.807) is 11.9 Å². The molecule has 0 aliphatic carbocycles. The smallest absolute Gasteiger partial charge is 0.251 e. The van der Waals surface area contributed by atoms with E-state index in [4.69, 9.17) is 0 Å². The fraction of sp³-hybridized carbons (Fsp3) is 0.600. The summed E-state index contributed by atoms with van der Waals surface area (Å²) in [6.45, 7) is 7.25. The number of amides is 1. The van der Waals surface area contributed by atoms with Crippen LogP contribution in [0.3, 0.4) is 0 Å². The first kappa shape index (κ1) is 26.9. The second kappa shape index (κ2) is 14.7. The van der Waals surface area contributed by atoms with Crippen LogP contribution in [0.5, 0.6) is 0 Å². The maximum absolute atomic E-state index is 12.5. The standard InChI is InChI=1S/C25H39N5O2S/c1-5-6-17-33-29(4)23-14-12-21(13-15-23)25(32)26-18-22-19-30(28-27-22)16-10-8-7-9-11-24(31)20(2)3/h12-15,19-20H,5-11,16-18H2,1-4H3,(H,26,32). The second-order valence-electron chi connectivity index (χ2n) is 8.67. The van der Waals surface area contributed by atoms with Gasteiger partial charge in [-0.25, -0.2) is 0 Å². The van der Waals surface area contributed by atoms with Crippen LogP contribution in [-0.4, -0.2) is 39.5 Å². The number of unbranched alkanes of at least 4 members (excludes halogenated alkanes) is 4. The quantitative estimate of drug-likeness (QED) is 0.264. The van der Waals surface area contributed by atoms with Crippen LogP contribution < -0.4 is 9.62 Å². The summed E-state index contributed by atoms with van der Waals surface area (Å²) in [5, 5.41) is 11.2. The molecule has 0 unspecified atom stereocenters. The Kier molecular flexibility index (Phi) is 12.0. The predicted molar refractivity (Wildman–Crippen MR) is 136 cm³/mol. The lowest BCUT2D eigenvalue weighted by atomic mass is 10.0. The molecule has 2 aromatic rings. The molecule has 0 radical (unpaired) electrons. The van der Waals surface area contributed by atoms with E-state index in [1.165, 1.54) is 12.8 Å². The van der Waals surface area contributed by atoms with Gasteiger partial charge in [0.25, 0.3) is 5.91 Å². The first-order valence-corrected chi connectivity index (χ1v) is 13.0. The Morgan fingerprint density at radius 3 is 2.52 bits per heavy atom. The highest BCUT2D eigenvalue weighted by Gasteiger charge is 2.09. The molecule has 0 saturated carbocycles. The van der Waals surface area contributed by atoms with Crippen LogP contribution in [-0.2, 0) is 17.9 Å². The second-order valence-corrected chi connectivity index (χ2v) is 9.89. The summed E-state index contributed by atoms with van der Waals surface area (Å²) in [6.07, 6.45) is 9.04. The fourth-order valence-corrected chi connectivity index (χ4v) is 4.22. The Bertz CT molecular complexity index is 851. The largest absolute Gasteiger partial charge is 0.346 e. The van der Waals surface area contributed by atoms with Crippen LogP contribution >= 0.6 is 11.9 Å². The van der Waals surface area contributed by atoms with Gasteiger partial charge in [0.1, 0.15) is 11.5 Å². The Morgan fingerprint density at radius 2 is 1.82 bits per heavy atom. The Balaban J connectivity index is 1.67. The van der Waals surface area contributed by atoms with Gasteiger partial charge in [-0.3, -0.25) is 14.3 Å². The van der Waals surface area contributed by atoms with Crippen LogP contribution in [0.1, 0.15) is 81.8 Å². The van der Waals surface area contributed by atoms with Crippen LogP contribution in [0.15, 0.2) is 30.5 Å². The summed E-state index contributed by atoms with van der Waals surface area (Å²) < 4.78 is 3.96. The number of Topliss-reactive ketones (excluding diaryl/α,β-unsaturated/α-hetero) is 1. The van der Waals surface area contributed by atoms with E-state index in [2.05, 4.69) is 26.9 Å². The van der Waals surface area contributed by atoms with E-state index >= 15 is 0 Å². The minimum Gasteiger partial charge on any atom is -0.346 e. The highest BCUT2D eigenvalue weighted by molar-refractivity contribution is 8.00. The van der Waals surface area contributed by atoms with E-state index in [-0.39, 0.29) is 11.8 Å². The molecule has 1 aromatic heterocycles. The van der Waals surface area contributed by atoms with E-state index in [1.807, 2.05) is 56.0 Å².